The molecule has 0 bridgehead atoms. The highest BCUT2D eigenvalue weighted by atomic mass is 35.5. The van der Waals surface area contributed by atoms with Gasteiger partial charge in [-0.05, 0) is 11.6 Å². The third-order valence-corrected chi connectivity index (χ3v) is 2.04. The van der Waals surface area contributed by atoms with E-state index in [4.69, 9.17) is 11.6 Å². The summed E-state index contributed by atoms with van der Waals surface area (Å²) in [7, 11) is 0. The zero-order chi connectivity index (χ0) is 8.39. The van der Waals surface area contributed by atoms with Crippen molar-refractivity contribution in [1.82, 2.24) is 0 Å². The Hall–Kier alpha value is -1.08. The number of nitrogens with zero attached hydrogens (tertiary/aromatic N) is 1. The van der Waals surface area contributed by atoms with E-state index in [1.807, 2.05) is 42.5 Å². The lowest BCUT2D eigenvalue weighted by molar-refractivity contribution is 0.935. The minimum atomic E-state index is 0.124. The quantitative estimate of drug-likeness (QED) is 0.626. The second kappa shape index (κ2) is 3.11. The van der Waals surface area contributed by atoms with E-state index in [-0.39, 0.29) is 6.04 Å². The summed E-state index contributed by atoms with van der Waals surface area (Å²) < 4.78 is 0. The molecular weight excluding hydrogens is 170 g/mol. The fourth-order valence-electron chi connectivity index (χ4n) is 1.23. The van der Waals surface area contributed by atoms with Crippen LogP contribution in [0, 0.1) is 0 Å². The van der Waals surface area contributed by atoms with E-state index in [0.29, 0.717) is 5.17 Å². The van der Waals surface area contributed by atoms with Crippen molar-refractivity contribution in [2.24, 2.45) is 4.99 Å². The monoisotopic (exact) mass is 177 g/mol. The van der Waals surface area contributed by atoms with Gasteiger partial charge in [0.2, 0.25) is 0 Å². The standard InChI is InChI=1S/C10H8ClN/c11-10-7-6-9(12-10)8-4-2-1-3-5-8/h1-7,9H. The first-order valence-electron chi connectivity index (χ1n) is 3.83. The van der Waals surface area contributed by atoms with Gasteiger partial charge in [0.05, 0.1) is 6.04 Å². The van der Waals surface area contributed by atoms with Crippen LogP contribution in [0.1, 0.15) is 11.6 Å². The number of rotatable bonds is 1. The Labute approximate surface area is 76.4 Å². The molecular formula is C10H8ClN. The fourth-order valence-corrected chi connectivity index (χ4v) is 1.40. The Morgan fingerprint density at radius 2 is 1.92 bits per heavy atom. The van der Waals surface area contributed by atoms with Crippen molar-refractivity contribution in [1.29, 1.82) is 0 Å². The zero-order valence-corrected chi connectivity index (χ0v) is 7.20. The molecule has 1 aromatic rings. The summed E-state index contributed by atoms with van der Waals surface area (Å²) in [6, 6.07) is 10.2. The first-order chi connectivity index (χ1) is 5.86. The molecule has 1 nitrogen and oxygen atoms in total. The molecule has 0 aliphatic carbocycles. The van der Waals surface area contributed by atoms with E-state index in [9.17, 15) is 0 Å². The summed E-state index contributed by atoms with van der Waals surface area (Å²) >= 11 is 5.72. The fraction of sp³-hybridized carbons (Fsp3) is 0.100. The van der Waals surface area contributed by atoms with Gasteiger partial charge in [0, 0.05) is 0 Å². The minimum Gasteiger partial charge on any atom is -0.261 e. The van der Waals surface area contributed by atoms with Crippen LogP contribution >= 0.6 is 11.6 Å². The van der Waals surface area contributed by atoms with Gasteiger partial charge in [-0.15, -0.1) is 0 Å². The molecule has 0 saturated carbocycles. The van der Waals surface area contributed by atoms with Crippen molar-refractivity contribution in [2.75, 3.05) is 0 Å². The van der Waals surface area contributed by atoms with Crippen LogP contribution in [-0.4, -0.2) is 5.17 Å². The summed E-state index contributed by atoms with van der Waals surface area (Å²) in [5, 5.41) is 0.587. The average molecular weight is 178 g/mol. The summed E-state index contributed by atoms with van der Waals surface area (Å²) in [6.45, 7) is 0. The van der Waals surface area contributed by atoms with Gasteiger partial charge >= 0.3 is 0 Å². The van der Waals surface area contributed by atoms with Gasteiger partial charge in [0.15, 0.2) is 0 Å². The highest BCUT2D eigenvalue weighted by molar-refractivity contribution is 6.68. The molecule has 0 spiro atoms. The van der Waals surface area contributed by atoms with Gasteiger partial charge < -0.3 is 0 Å². The molecule has 0 fully saturated rings. The number of hydrogen-bond acceptors (Lipinski definition) is 1. The second-order valence-corrected chi connectivity index (χ2v) is 3.05. The van der Waals surface area contributed by atoms with Crippen molar-refractivity contribution in [2.45, 2.75) is 6.04 Å². The Morgan fingerprint density at radius 1 is 1.17 bits per heavy atom. The zero-order valence-electron chi connectivity index (χ0n) is 6.44. The van der Waals surface area contributed by atoms with E-state index in [1.54, 1.807) is 0 Å². The van der Waals surface area contributed by atoms with E-state index >= 15 is 0 Å². The first kappa shape index (κ1) is 7.56. The molecule has 1 aliphatic heterocycles. The maximum Gasteiger partial charge on any atom is 0.124 e. The first-order valence-corrected chi connectivity index (χ1v) is 4.20. The van der Waals surface area contributed by atoms with Crippen LogP contribution < -0.4 is 0 Å². The average Bonchev–Trinajstić information content (AvgIpc) is 2.54. The normalized spacial score (nSPS) is 21.1. The van der Waals surface area contributed by atoms with Crippen LogP contribution in [0.4, 0.5) is 0 Å². The molecule has 60 valence electrons. The van der Waals surface area contributed by atoms with Gasteiger partial charge in [-0.1, -0.05) is 48.0 Å². The molecule has 2 rings (SSSR count). The molecule has 0 N–H and O–H groups in total. The predicted octanol–water partition coefficient (Wildman–Crippen LogP) is 2.93. The second-order valence-electron chi connectivity index (χ2n) is 2.67. The molecule has 0 radical (unpaired) electrons. The molecule has 2 heteroatoms. The van der Waals surface area contributed by atoms with Crippen molar-refractivity contribution in [3.8, 4) is 0 Å². The maximum absolute atomic E-state index is 5.72. The van der Waals surface area contributed by atoms with Crippen LogP contribution in [0.5, 0.6) is 0 Å². The smallest absolute Gasteiger partial charge is 0.124 e. The third-order valence-electron chi connectivity index (χ3n) is 1.82. The van der Waals surface area contributed by atoms with Gasteiger partial charge in [0.1, 0.15) is 5.17 Å². The Bertz CT molecular complexity index is 327. The maximum atomic E-state index is 5.72. The molecule has 0 saturated heterocycles. The Morgan fingerprint density at radius 3 is 2.50 bits per heavy atom. The number of hydrogen-bond donors (Lipinski definition) is 0. The highest BCUT2D eigenvalue weighted by Crippen LogP contribution is 2.23. The Balaban J connectivity index is 2.29. The van der Waals surface area contributed by atoms with E-state index < -0.39 is 0 Å². The molecule has 1 aliphatic rings. The van der Waals surface area contributed by atoms with Gasteiger partial charge in [0.25, 0.3) is 0 Å². The summed E-state index contributed by atoms with van der Waals surface area (Å²) in [5.41, 5.74) is 1.18. The largest absolute Gasteiger partial charge is 0.261 e. The molecule has 0 aromatic heterocycles. The van der Waals surface area contributed by atoms with Crippen LogP contribution in [0.15, 0.2) is 47.5 Å². The lowest BCUT2D eigenvalue weighted by Gasteiger charge is -2.02. The third kappa shape index (κ3) is 1.41. The summed E-state index contributed by atoms with van der Waals surface area (Å²) in [4.78, 5) is 4.23. The van der Waals surface area contributed by atoms with Crippen LogP contribution in [0.25, 0.3) is 0 Å². The summed E-state index contributed by atoms with van der Waals surface area (Å²) in [5.74, 6) is 0. The van der Waals surface area contributed by atoms with Crippen LogP contribution in [-0.2, 0) is 0 Å². The lowest BCUT2D eigenvalue weighted by atomic mass is 10.1. The molecule has 0 amide bonds. The van der Waals surface area contributed by atoms with Crippen LogP contribution in [0.2, 0.25) is 0 Å². The Kier molecular flexibility index (Phi) is 1.96. The van der Waals surface area contributed by atoms with Crippen molar-refractivity contribution in [3.63, 3.8) is 0 Å². The molecule has 1 aromatic carbocycles. The SMILES string of the molecule is ClC1=NC(c2ccccc2)C=C1. The molecule has 12 heavy (non-hydrogen) atoms. The lowest BCUT2D eigenvalue weighted by Crippen LogP contribution is -1.87. The number of benzene rings is 1. The van der Waals surface area contributed by atoms with Gasteiger partial charge in [-0.25, -0.2) is 0 Å². The van der Waals surface area contributed by atoms with E-state index in [0.717, 1.165) is 0 Å². The predicted molar refractivity (Wildman–Crippen MR) is 51.6 cm³/mol. The van der Waals surface area contributed by atoms with Crippen molar-refractivity contribution >= 4 is 16.8 Å². The minimum absolute atomic E-state index is 0.124. The van der Waals surface area contributed by atoms with Crippen molar-refractivity contribution < 1.29 is 0 Å². The molecule has 1 unspecified atom stereocenters. The number of aliphatic imine (C=N–C) groups is 1. The van der Waals surface area contributed by atoms with Crippen LogP contribution in [0.3, 0.4) is 0 Å². The van der Waals surface area contributed by atoms with Crippen molar-refractivity contribution in [3.05, 3.63) is 48.0 Å². The number of allylic oxidation sites excluding steroid dienone is 1. The number of halogens is 1. The van der Waals surface area contributed by atoms with E-state index in [2.05, 4.69) is 4.99 Å². The van der Waals surface area contributed by atoms with E-state index in [1.165, 1.54) is 5.56 Å². The molecule has 1 heterocycles. The molecule has 1 atom stereocenters. The topological polar surface area (TPSA) is 12.4 Å². The van der Waals surface area contributed by atoms with Gasteiger partial charge in [-0.2, -0.15) is 0 Å². The highest BCUT2D eigenvalue weighted by Gasteiger charge is 2.10. The summed E-state index contributed by atoms with van der Waals surface area (Å²) in [6.07, 6.45) is 3.83. The van der Waals surface area contributed by atoms with Gasteiger partial charge in [-0.3, -0.25) is 4.99 Å².